The van der Waals surface area contributed by atoms with E-state index in [4.69, 9.17) is 0 Å². The molecule has 0 saturated heterocycles. The summed E-state index contributed by atoms with van der Waals surface area (Å²) in [5.41, 5.74) is 1.13. The van der Waals surface area contributed by atoms with Gasteiger partial charge in [0.2, 0.25) is 0 Å². The van der Waals surface area contributed by atoms with E-state index >= 15 is 0 Å². The molecule has 0 aliphatic rings. The number of hydrogen-bond acceptors (Lipinski definition) is 2. The molecule has 0 aromatic heterocycles. The minimum absolute atomic E-state index is 0.129. The molecule has 0 bridgehead atoms. The Kier molecular flexibility index (Phi) is 3.47. The fraction of sp³-hybridized carbons (Fsp3) is 0.273. The predicted octanol–water partition coefficient (Wildman–Crippen LogP) is 2.91. The van der Waals surface area contributed by atoms with Gasteiger partial charge in [0.1, 0.15) is 5.76 Å². The fourth-order valence-corrected chi connectivity index (χ4v) is 1.98. The third kappa shape index (κ3) is 2.45. The molecule has 76 valence electrons. The van der Waals surface area contributed by atoms with Crippen LogP contribution in [0.4, 0.5) is 0 Å². The van der Waals surface area contributed by atoms with Crippen molar-refractivity contribution in [1.82, 2.24) is 0 Å². The highest BCUT2D eigenvalue weighted by atomic mass is 32.2. The summed E-state index contributed by atoms with van der Waals surface area (Å²) < 4.78 is 11.8. The van der Waals surface area contributed by atoms with Crippen LogP contribution in [0.15, 0.2) is 39.8 Å². The lowest BCUT2D eigenvalue weighted by Gasteiger charge is -2.03. The molecule has 2 nitrogen and oxygen atoms in total. The maximum Gasteiger partial charge on any atom is 0.101 e. The number of hydrogen-bond donors (Lipinski definition) is 1. The summed E-state index contributed by atoms with van der Waals surface area (Å²) in [6.07, 6.45) is 0. The molecule has 0 radical (unpaired) electrons. The van der Waals surface area contributed by atoms with Gasteiger partial charge in [-0.2, -0.15) is 0 Å². The monoisotopic (exact) mass is 210 g/mol. The van der Waals surface area contributed by atoms with Crippen molar-refractivity contribution in [2.75, 3.05) is 0 Å². The van der Waals surface area contributed by atoms with Crippen LogP contribution in [0.5, 0.6) is 0 Å². The topological polar surface area (TPSA) is 37.3 Å². The molecular formula is C11H14O2S. The summed E-state index contributed by atoms with van der Waals surface area (Å²) in [4.78, 5) is 1.23. The van der Waals surface area contributed by atoms with Crippen molar-refractivity contribution in [1.29, 1.82) is 0 Å². The van der Waals surface area contributed by atoms with Crippen LogP contribution in [0.1, 0.15) is 19.4 Å². The molecular weight excluding hydrogens is 196 g/mol. The molecule has 14 heavy (non-hydrogen) atoms. The number of allylic oxidation sites excluding steroid dienone is 2. The van der Waals surface area contributed by atoms with Crippen molar-refractivity contribution in [3.63, 3.8) is 0 Å². The molecule has 0 spiro atoms. The van der Waals surface area contributed by atoms with E-state index < -0.39 is 10.8 Å². The Hall–Kier alpha value is -1.09. The van der Waals surface area contributed by atoms with Crippen LogP contribution in [0.2, 0.25) is 0 Å². The molecule has 0 amide bonds. The van der Waals surface area contributed by atoms with Gasteiger partial charge in [0, 0.05) is 4.90 Å². The predicted molar refractivity (Wildman–Crippen MR) is 58.6 cm³/mol. The highest BCUT2D eigenvalue weighted by Crippen LogP contribution is 2.16. The minimum Gasteiger partial charge on any atom is -0.512 e. The average Bonchev–Trinajstić information content (AvgIpc) is 2.16. The maximum absolute atomic E-state index is 11.8. The Bertz CT molecular complexity index is 373. The molecule has 1 aromatic carbocycles. The summed E-state index contributed by atoms with van der Waals surface area (Å²) in [5.74, 6) is 0.129. The minimum atomic E-state index is -1.24. The van der Waals surface area contributed by atoms with Crippen LogP contribution >= 0.6 is 0 Å². The van der Waals surface area contributed by atoms with E-state index in [1.54, 1.807) is 13.8 Å². The molecule has 0 fully saturated rings. The Morgan fingerprint density at radius 2 is 1.71 bits per heavy atom. The van der Waals surface area contributed by atoms with Gasteiger partial charge in [-0.15, -0.1) is 0 Å². The molecule has 0 aliphatic heterocycles. The summed E-state index contributed by atoms with van der Waals surface area (Å²) in [6.45, 7) is 5.19. The second-order valence-electron chi connectivity index (χ2n) is 3.22. The smallest absolute Gasteiger partial charge is 0.101 e. The Labute approximate surface area is 86.7 Å². The largest absolute Gasteiger partial charge is 0.512 e. The molecule has 0 saturated carbocycles. The standard InChI is InChI=1S/C11H14O2S/c1-8-4-6-11(7-5-8)14(13)10(3)9(2)12/h4-7,12H,1-3H3. The van der Waals surface area contributed by atoms with E-state index in [2.05, 4.69) is 0 Å². The number of rotatable bonds is 2. The zero-order valence-corrected chi connectivity index (χ0v) is 9.39. The van der Waals surface area contributed by atoms with E-state index in [1.807, 2.05) is 31.2 Å². The zero-order chi connectivity index (χ0) is 10.7. The lowest BCUT2D eigenvalue weighted by Crippen LogP contribution is -1.95. The van der Waals surface area contributed by atoms with E-state index in [9.17, 15) is 9.32 Å². The van der Waals surface area contributed by atoms with Crippen molar-refractivity contribution in [2.24, 2.45) is 0 Å². The SMILES string of the molecule is CC(O)=C(C)S(=O)c1ccc(C)cc1. The highest BCUT2D eigenvalue weighted by Gasteiger charge is 2.07. The lowest BCUT2D eigenvalue weighted by atomic mass is 10.2. The van der Waals surface area contributed by atoms with Gasteiger partial charge < -0.3 is 5.11 Å². The number of aryl methyl sites for hydroxylation is 1. The molecule has 1 unspecified atom stereocenters. The van der Waals surface area contributed by atoms with Gasteiger partial charge in [-0.25, -0.2) is 4.21 Å². The maximum atomic E-state index is 11.8. The Morgan fingerprint density at radius 1 is 1.21 bits per heavy atom. The first-order valence-corrected chi connectivity index (χ1v) is 5.52. The molecule has 0 heterocycles. The van der Waals surface area contributed by atoms with Gasteiger partial charge in [-0.1, -0.05) is 17.7 Å². The second kappa shape index (κ2) is 4.42. The second-order valence-corrected chi connectivity index (χ2v) is 4.84. The molecule has 3 heteroatoms. The van der Waals surface area contributed by atoms with Crippen LogP contribution < -0.4 is 0 Å². The number of benzene rings is 1. The lowest BCUT2D eigenvalue weighted by molar-refractivity contribution is 0.411. The van der Waals surface area contributed by atoms with Crippen molar-refractivity contribution in [2.45, 2.75) is 25.7 Å². The third-order valence-corrected chi connectivity index (χ3v) is 3.57. The van der Waals surface area contributed by atoms with Crippen molar-refractivity contribution >= 4 is 10.8 Å². The average molecular weight is 210 g/mol. The Morgan fingerprint density at radius 3 is 2.14 bits per heavy atom. The van der Waals surface area contributed by atoms with Gasteiger partial charge in [-0.05, 0) is 32.9 Å². The summed E-state index contributed by atoms with van der Waals surface area (Å²) >= 11 is 0. The van der Waals surface area contributed by atoms with Crippen LogP contribution in [-0.2, 0) is 10.8 Å². The van der Waals surface area contributed by atoms with Crippen molar-refractivity contribution in [3.05, 3.63) is 40.5 Å². The van der Waals surface area contributed by atoms with Crippen molar-refractivity contribution in [3.8, 4) is 0 Å². The van der Waals surface area contributed by atoms with Gasteiger partial charge in [0.15, 0.2) is 0 Å². The molecule has 1 aromatic rings. The van der Waals surface area contributed by atoms with Crippen LogP contribution in [0, 0.1) is 6.92 Å². The van der Waals surface area contributed by atoms with Gasteiger partial charge >= 0.3 is 0 Å². The molecule has 1 rings (SSSR count). The van der Waals surface area contributed by atoms with E-state index in [0.29, 0.717) is 4.91 Å². The Balaban J connectivity index is 3.02. The summed E-state index contributed by atoms with van der Waals surface area (Å²) in [6, 6.07) is 7.45. The van der Waals surface area contributed by atoms with Crippen LogP contribution in [0.3, 0.4) is 0 Å². The fourth-order valence-electron chi connectivity index (χ4n) is 0.973. The van der Waals surface area contributed by atoms with Crippen molar-refractivity contribution < 1.29 is 9.32 Å². The molecule has 0 aliphatic carbocycles. The molecule has 1 atom stereocenters. The normalized spacial score (nSPS) is 14.8. The number of aliphatic hydroxyl groups excluding tert-OH is 1. The van der Waals surface area contributed by atoms with Crippen LogP contribution in [0.25, 0.3) is 0 Å². The summed E-state index contributed by atoms with van der Waals surface area (Å²) in [7, 11) is -1.24. The first-order chi connectivity index (χ1) is 6.52. The third-order valence-electron chi connectivity index (χ3n) is 2.02. The first kappa shape index (κ1) is 11.0. The number of aliphatic hydroxyl groups is 1. The van der Waals surface area contributed by atoms with Crippen LogP contribution in [-0.4, -0.2) is 9.32 Å². The highest BCUT2D eigenvalue weighted by molar-refractivity contribution is 7.89. The zero-order valence-electron chi connectivity index (χ0n) is 8.57. The quantitative estimate of drug-likeness (QED) is 0.762. The van der Waals surface area contributed by atoms with E-state index in [0.717, 1.165) is 10.5 Å². The van der Waals surface area contributed by atoms with E-state index in [-0.39, 0.29) is 5.76 Å². The van der Waals surface area contributed by atoms with Gasteiger partial charge in [-0.3, -0.25) is 0 Å². The van der Waals surface area contributed by atoms with Gasteiger partial charge in [0.25, 0.3) is 0 Å². The van der Waals surface area contributed by atoms with E-state index in [1.165, 1.54) is 0 Å². The van der Waals surface area contributed by atoms with Gasteiger partial charge in [0.05, 0.1) is 15.7 Å². The summed E-state index contributed by atoms with van der Waals surface area (Å²) in [5, 5.41) is 9.19. The first-order valence-electron chi connectivity index (χ1n) is 4.37. The molecule has 1 N–H and O–H groups in total.